The quantitative estimate of drug-likeness (QED) is 0.722. The van der Waals surface area contributed by atoms with E-state index < -0.39 is 5.41 Å². The smallest absolute Gasteiger partial charge is 0.305 e. The van der Waals surface area contributed by atoms with Crippen molar-refractivity contribution in [2.75, 3.05) is 14.2 Å². The topological polar surface area (TPSA) is 76.4 Å². The van der Waals surface area contributed by atoms with Gasteiger partial charge in [-0.2, -0.15) is 5.26 Å². The lowest BCUT2D eigenvalue weighted by atomic mass is 9.73. The molecule has 5 nitrogen and oxygen atoms in total. The van der Waals surface area contributed by atoms with Gasteiger partial charge in [0.25, 0.3) is 0 Å². The third-order valence-electron chi connectivity index (χ3n) is 4.49. The Balaban J connectivity index is 2.49. The minimum Gasteiger partial charge on any atom is -0.469 e. The normalized spacial score (nSPS) is 10.9. The summed E-state index contributed by atoms with van der Waals surface area (Å²) in [6.07, 6.45) is 0.769. The molecule has 0 bridgehead atoms. The lowest BCUT2D eigenvalue weighted by Crippen LogP contribution is -2.27. The van der Waals surface area contributed by atoms with Crippen molar-refractivity contribution >= 4 is 22.7 Å². The number of rotatable bonds is 7. The second-order valence-electron chi connectivity index (χ2n) is 5.87. The van der Waals surface area contributed by atoms with Gasteiger partial charge in [0.2, 0.25) is 0 Å². The van der Waals surface area contributed by atoms with E-state index in [-0.39, 0.29) is 37.6 Å². The Kier molecular flexibility index (Phi) is 6.13. The molecule has 0 N–H and O–H groups in total. The summed E-state index contributed by atoms with van der Waals surface area (Å²) >= 11 is 0. The Morgan fingerprint density at radius 3 is 2.08 bits per heavy atom. The number of esters is 2. The van der Waals surface area contributed by atoms with Gasteiger partial charge in [0, 0.05) is 12.8 Å². The van der Waals surface area contributed by atoms with Gasteiger partial charge in [0.05, 0.1) is 25.7 Å². The number of hydrogen-bond donors (Lipinski definition) is 0. The van der Waals surface area contributed by atoms with Crippen LogP contribution in [0.3, 0.4) is 0 Å². The molecule has 2 rings (SSSR count). The molecule has 0 atom stereocenters. The monoisotopic (exact) mass is 339 g/mol. The van der Waals surface area contributed by atoms with Crippen LogP contribution in [0.4, 0.5) is 0 Å². The highest BCUT2D eigenvalue weighted by molar-refractivity contribution is 5.87. The highest BCUT2D eigenvalue weighted by Crippen LogP contribution is 2.38. The highest BCUT2D eigenvalue weighted by Gasteiger charge is 2.35. The first-order valence-corrected chi connectivity index (χ1v) is 8.09. The lowest BCUT2D eigenvalue weighted by Gasteiger charge is -2.28. The molecule has 25 heavy (non-hydrogen) atoms. The van der Waals surface area contributed by atoms with Crippen LogP contribution < -0.4 is 0 Å². The summed E-state index contributed by atoms with van der Waals surface area (Å²) in [5.41, 5.74) is -0.149. The molecule has 0 saturated carbocycles. The number of nitrogens with zero attached hydrogens (tertiary/aromatic N) is 1. The van der Waals surface area contributed by atoms with Crippen LogP contribution in [0.1, 0.15) is 31.2 Å². The molecule has 0 fully saturated rings. The first-order chi connectivity index (χ1) is 12.1. The van der Waals surface area contributed by atoms with E-state index in [4.69, 9.17) is 9.47 Å². The van der Waals surface area contributed by atoms with E-state index in [1.54, 1.807) is 0 Å². The van der Waals surface area contributed by atoms with Crippen molar-refractivity contribution in [1.82, 2.24) is 0 Å². The highest BCUT2D eigenvalue weighted by atomic mass is 16.5. The number of methoxy groups -OCH3 is 2. The van der Waals surface area contributed by atoms with Crippen LogP contribution in [-0.4, -0.2) is 26.2 Å². The van der Waals surface area contributed by atoms with Crippen molar-refractivity contribution in [3.8, 4) is 6.07 Å². The number of ether oxygens (including phenoxy) is 2. The fourth-order valence-corrected chi connectivity index (χ4v) is 3.04. The molecule has 0 aliphatic heterocycles. The van der Waals surface area contributed by atoms with E-state index in [9.17, 15) is 14.9 Å². The molecule has 0 amide bonds. The molecule has 130 valence electrons. The standard InChI is InChI=1S/C20H21NO4/c1-24-18(22)10-12-20(14-21,13-11-19(23)25-2)17-9-5-7-15-6-3-4-8-16(15)17/h3-9H,10-13H2,1-2H3. The number of benzene rings is 2. The summed E-state index contributed by atoms with van der Waals surface area (Å²) in [4.78, 5) is 23.3. The number of nitriles is 1. The average Bonchev–Trinajstić information content (AvgIpc) is 2.67. The molecule has 0 radical (unpaired) electrons. The maximum atomic E-state index is 11.6. The summed E-state index contributed by atoms with van der Waals surface area (Å²) in [6.45, 7) is 0. The van der Waals surface area contributed by atoms with Gasteiger partial charge in [-0.05, 0) is 29.2 Å². The molecule has 0 aromatic heterocycles. The fraction of sp³-hybridized carbons (Fsp3) is 0.350. The van der Waals surface area contributed by atoms with Gasteiger partial charge < -0.3 is 9.47 Å². The maximum Gasteiger partial charge on any atom is 0.305 e. The molecular formula is C20H21NO4. The number of hydrogen-bond acceptors (Lipinski definition) is 5. The Morgan fingerprint density at radius 1 is 0.960 bits per heavy atom. The van der Waals surface area contributed by atoms with Crippen molar-refractivity contribution < 1.29 is 19.1 Å². The largest absolute Gasteiger partial charge is 0.469 e. The predicted molar refractivity (Wildman–Crippen MR) is 93.7 cm³/mol. The number of carbonyl (C=O) groups is 2. The van der Waals surface area contributed by atoms with Crippen LogP contribution >= 0.6 is 0 Å². The summed E-state index contributed by atoms with van der Waals surface area (Å²) in [6, 6.07) is 15.9. The molecule has 0 unspecified atom stereocenters. The minimum absolute atomic E-state index is 0.106. The molecule has 0 heterocycles. The Labute approximate surface area is 147 Å². The van der Waals surface area contributed by atoms with E-state index in [2.05, 4.69) is 6.07 Å². The lowest BCUT2D eigenvalue weighted by molar-refractivity contribution is -0.141. The molecule has 2 aromatic carbocycles. The molecule has 0 saturated heterocycles. The maximum absolute atomic E-state index is 11.6. The Morgan fingerprint density at radius 2 is 1.52 bits per heavy atom. The van der Waals surface area contributed by atoms with E-state index in [1.165, 1.54) is 14.2 Å². The summed E-state index contributed by atoms with van der Waals surface area (Å²) in [5.74, 6) is -0.754. The molecule has 5 heteroatoms. The third kappa shape index (κ3) is 4.16. The second kappa shape index (κ2) is 8.29. The van der Waals surface area contributed by atoms with Crippen LogP contribution in [-0.2, 0) is 24.5 Å². The molecular weight excluding hydrogens is 318 g/mol. The second-order valence-corrected chi connectivity index (χ2v) is 5.87. The van der Waals surface area contributed by atoms with Crippen molar-refractivity contribution in [3.63, 3.8) is 0 Å². The van der Waals surface area contributed by atoms with Gasteiger partial charge in [0.15, 0.2) is 0 Å². The zero-order valence-corrected chi connectivity index (χ0v) is 14.5. The fourth-order valence-electron chi connectivity index (χ4n) is 3.04. The minimum atomic E-state index is -0.969. The third-order valence-corrected chi connectivity index (χ3v) is 4.49. The molecule has 2 aromatic rings. The van der Waals surface area contributed by atoms with Crippen molar-refractivity contribution in [1.29, 1.82) is 5.26 Å². The van der Waals surface area contributed by atoms with Crippen LogP contribution in [0.5, 0.6) is 0 Å². The number of fused-ring (bicyclic) bond motifs is 1. The van der Waals surface area contributed by atoms with E-state index in [0.717, 1.165) is 16.3 Å². The van der Waals surface area contributed by atoms with Crippen molar-refractivity contribution in [2.24, 2.45) is 0 Å². The van der Waals surface area contributed by atoms with Gasteiger partial charge in [-0.15, -0.1) is 0 Å². The predicted octanol–water partition coefficient (Wildman–Crippen LogP) is 3.51. The van der Waals surface area contributed by atoms with Gasteiger partial charge in [-0.3, -0.25) is 9.59 Å². The van der Waals surface area contributed by atoms with Gasteiger partial charge in [-0.25, -0.2) is 0 Å². The van der Waals surface area contributed by atoms with Gasteiger partial charge in [0.1, 0.15) is 0 Å². The van der Waals surface area contributed by atoms with E-state index in [1.807, 2.05) is 42.5 Å². The molecule has 0 spiro atoms. The zero-order chi connectivity index (χ0) is 18.3. The van der Waals surface area contributed by atoms with Crippen LogP contribution in [0.25, 0.3) is 10.8 Å². The van der Waals surface area contributed by atoms with E-state index >= 15 is 0 Å². The SMILES string of the molecule is COC(=O)CCC(C#N)(CCC(=O)OC)c1cccc2ccccc12. The number of carbonyl (C=O) groups excluding carboxylic acids is 2. The summed E-state index contributed by atoms with van der Waals surface area (Å²) in [5, 5.41) is 12.0. The van der Waals surface area contributed by atoms with Crippen LogP contribution in [0.15, 0.2) is 42.5 Å². The molecule has 0 aliphatic rings. The van der Waals surface area contributed by atoms with Gasteiger partial charge in [-0.1, -0.05) is 42.5 Å². The van der Waals surface area contributed by atoms with E-state index in [0.29, 0.717) is 0 Å². The average molecular weight is 339 g/mol. The Hall–Kier alpha value is -2.87. The van der Waals surface area contributed by atoms with Crippen LogP contribution in [0.2, 0.25) is 0 Å². The molecule has 0 aliphatic carbocycles. The first-order valence-electron chi connectivity index (χ1n) is 8.09. The Bertz CT molecular complexity index is 781. The first kappa shape index (κ1) is 18.5. The zero-order valence-electron chi connectivity index (χ0n) is 14.5. The van der Waals surface area contributed by atoms with Crippen molar-refractivity contribution in [2.45, 2.75) is 31.1 Å². The van der Waals surface area contributed by atoms with Gasteiger partial charge >= 0.3 is 11.9 Å². The summed E-state index contributed by atoms with van der Waals surface area (Å²) in [7, 11) is 2.64. The summed E-state index contributed by atoms with van der Waals surface area (Å²) < 4.78 is 9.44. The van der Waals surface area contributed by atoms with Crippen molar-refractivity contribution in [3.05, 3.63) is 48.0 Å². The van der Waals surface area contributed by atoms with Crippen LogP contribution in [0, 0.1) is 11.3 Å².